The van der Waals surface area contributed by atoms with Crippen LogP contribution in [0.1, 0.15) is 34.1 Å². The minimum atomic E-state index is -1.09. The number of rotatable bonds is 3. The van der Waals surface area contributed by atoms with Gasteiger partial charge in [0, 0.05) is 5.41 Å². The Labute approximate surface area is 109 Å². The fourth-order valence-electron chi connectivity index (χ4n) is 2.46. The van der Waals surface area contributed by atoms with Crippen molar-refractivity contribution in [3.63, 3.8) is 0 Å². The van der Waals surface area contributed by atoms with Crippen molar-refractivity contribution in [2.24, 2.45) is 5.41 Å². The summed E-state index contributed by atoms with van der Waals surface area (Å²) in [5, 5.41) is 20.6. The second-order valence-corrected chi connectivity index (χ2v) is 5.65. The predicted octanol–water partition coefficient (Wildman–Crippen LogP) is 2.16. The molecule has 0 amide bonds. The van der Waals surface area contributed by atoms with Crippen molar-refractivity contribution in [1.29, 1.82) is 0 Å². The van der Waals surface area contributed by atoms with Crippen LogP contribution in [0.4, 0.5) is 0 Å². The Morgan fingerprint density at radius 1 is 1.50 bits per heavy atom. The van der Waals surface area contributed by atoms with Crippen LogP contribution in [0.5, 0.6) is 0 Å². The van der Waals surface area contributed by atoms with Crippen molar-refractivity contribution in [3.05, 3.63) is 35.5 Å². The zero-order valence-corrected chi connectivity index (χ0v) is 11.5. The van der Waals surface area contributed by atoms with Crippen molar-refractivity contribution in [3.8, 4) is 0 Å². The third-order valence-electron chi connectivity index (χ3n) is 3.71. The zero-order chi connectivity index (χ0) is 14.0. The monoisotopic (exact) mass is 250 g/mol. The van der Waals surface area contributed by atoms with Gasteiger partial charge in [-0.2, -0.15) is 0 Å². The van der Waals surface area contributed by atoms with Crippen LogP contribution in [0.2, 0.25) is 0 Å². The predicted molar refractivity (Wildman–Crippen MR) is 72.1 cm³/mol. The maximum Gasteiger partial charge on any atom is 0.143 e. The molecule has 0 heterocycles. The molecule has 18 heavy (non-hydrogen) atoms. The first-order valence-electron chi connectivity index (χ1n) is 6.13. The SMILES string of the molecule is CC1=CC(O)CC(C)(C)C1(O)/C=C/C(C)=C\C=O. The number of hydrogen-bond acceptors (Lipinski definition) is 3. The van der Waals surface area contributed by atoms with E-state index >= 15 is 0 Å². The van der Waals surface area contributed by atoms with Crippen LogP contribution in [0.3, 0.4) is 0 Å². The Morgan fingerprint density at radius 3 is 2.61 bits per heavy atom. The lowest BCUT2D eigenvalue weighted by Crippen LogP contribution is -2.48. The molecule has 0 fully saturated rings. The molecule has 0 saturated heterocycles. The van der Waals surface area contributed by atoms with E-state index in [-0.39, 0.29) is 0 Å². The second kappa shape index (κ2) is 5.21. The summed E-state index contributed by atoms with van der Waals surface area (Å²) in [6, 6.07) is 0. The highest BCUT2D eigenvalue weighted by atomic mass is 16.3. The summed E-state index contributed by atoms with van der Waals surface area (Å²) in [5.74, 6) is 0. The Morgan fingerprint density at radius 2 is 2.11 bits per heavy atom. The van der Waals surface area contributed by atoms with Crippen LogP contribution in [-0.4, -0.2) is 28.2 Å². The highest BCUT2D eigenvalue weighted by Gasteiger charge is 2.46. The van der Waals surface area contributed by atoms with Crippen LogP contribution in [-0.2, 0) is 4.79 Å². The third kappa shape index (κ3) is 2.79. The van der Waals surface area contributed by atoms with Gasteiger partial charge in [-0.3, -0.25) is 4.79 Å². The molecule has 2 N–H and O–H groups in total. The van der Waals surface area contributed by atoms with Gasteiger partial charge in [-0.1, -0.05) is 26.0 Å². The zero-order valence-electron chi connectivity index (χ0n) is 11.5. The van der Waals surface area contributed by atoms with Gasteiger partial charge in [-0.25, -0.2) is 0 Å². The maximum absolute atomic E-state index is 10.8. The summed E-state index contributed by atoms with van der Waals surface area (Å²) in [6.45, 7) is 7.47. The second-order valence-electron chi connectivity index (χ2n) is 5.65. The van der Waals surface area contributed by atoms with Gasteiger partial charge in [0.2, 0.25) is 0 Å². The van der Waals surface area contributed by atoms with E-state index in [1.807, 2.05) is 20.8 Å². The van der Waals surface area contributed by atoms with Gasteiger partial charge in [0.25, 0.3) is 0 Å². The first-order valence-corrected chi connectivity index (χ1v) is 6.13. The lowest BCUT2D eigenvalue weighted by molar-refractivity contribution is -0.104. The molecule has 0 aromatic rings. The molecule has 100 valence electrons. The molecular weight excluding hydrogens is 228 g/mol. The van der Waals surface area contributed by atoms with Gasteiger partial charge < -0.3 is 10.2 Å². The quantitative estimate of drug-likeness (QED) is 0.349. The number of hydrogen-bond donors (Lipinski definition) is 2. The van der Waals surface area contributed by atoms with E-state index in [4.69, 9.17) is 0 Å². The largest absolute Gasteiger partial charge is 0.389 e. The lowest BCUT2D eigenvalue weighted by Gasteiger charge is -2.46. The highest BCUT2D eigenvalue weighted by molar-refractivity contribution is 5.67. The first-order chi connectivity index (χ1) is 8.23. The molecule has 0 spiro atoms. The van der Waals surface area contributed by atoms with E-state index in [9.17, 15) is 15.0 Å². The average Bonchev–Trinajstić information content (AvgIpc) is 2.23. The molecule has 0 aromatic carbocycles. The van der Waals surface area contributed by atoms with Gasteiger partial charge in [0.15, 0.2) is 0 Å². The summed E-state index contributed by atoms with van der Waals surface area (Å²) in [7, 11) is 0. The van der Waals surface area contributed by atoms with E-state index in [0.29, 0.717) is 6.42 Å². The van der Waals surface area contributed by atoms with Crippen LogP contribution in [0.25, 0.3) is 0 Å². The summed E-state index contributed by atoms with van der Waals surface area (Å²) < 4.78 is 0. The number of allylic oxidation sites excluding steroid dienone is 3. The number of aliphatic hydroxyl groups excluding tert-OH is 1. The molecule has 2 atom stereocenters. The molecule has 0 aliphatic heterocycles. The molecule has 1 aliphatic rings. The number of carbonyl (C=O) groups excluding carboxylic acids is 1. The topological polar surface area (TPSA) is 57.5 Å². The molecule has 0 aromatic heterocycles. The molecule has 1 rings (SSSR count). The standard InChI is InChI=1S/C15H22O3/c1-11(6-8-16)5-7-15(18)12(2)9-13(17)10-14(15,3)4/h5-9,13,17-18H,10H2,1-4H3/b7-5+,11-6-. The van der Waals surface area contributed by atoms with Crippen LogP contribution in [0, 0.1) is 5.41 Å². The van der Waals surface area contributed by atoms with Gasteiger partial charge in [0.1, 0.15) is 11.9 Å². The van der Waals surface area contributed by atoms with E-state index < -0.39 is 17.1 Å². The van der Waals surface area contributed by atoms with Crippen molar-refractivity contribution < 1.29 is 15.0 Å². The molecular formula is C15H22O3. The van der Waals surface area contributed by atoms with Crippen LogP contribution < -0.4 is 0 Å². The molecule has 0 saturated carbocycles. The first kappa shape index (κ1) is 14.9. The van der Waals surface area contributed by atoms with Gasteiger partial charge >= 0.3 is 0 Å². The molecule has 3 nitrogen and oxygen atoms in total. The van der Waals surface area contributed by atoms with Crippen molar-refractivity contribution in [2.75, 3.05) is 0 Å². The Hall–Kier alpha value is -1.19. The molecule has 0 radical (unpaired) electrons. The van der Waals surface area contributed by atoms with Crippen molar-refractivity contribution in [1.82, 2.24) is 0 Å². The van der Waals surface area contributed by atoms with E-state index in [0.717, 1.165) is 17.4 Å². The summed E-state index contributed by atoms with van der Waals surface area (Å²) in [4.78, 5) is 10.4. The normalized spacial score (nSPS) is 32.4. The average molecular weight is 250 g/mol. The summed E-state index contributed by atoms with van der Waals surface area (Å²) in [5.41, 5.74) is -0.0255. The van der Waals surface area contributed by atoms with Gasteiger partial charge in [-0.15, -0.1) is 0 Å². The number of aldehydes is 1. The summed E-state index contributed by atoms with van der Waals surface area (Å²) in [6.07, 6.45) is 7.30. The molecule has 2 unspecified atom stereocenters. The Kier molecular flexibility index (Phi) is 4.30. The lowest BCUT2D eigenvalue weighted by atomic mass is 9.64. The minimum Gasteiger partial charge on any atom is -0.389 e. The van der Waals surface area contributed by atoms with Crippen molar-refractivity contribution in [2.45, 2.75) is 45.8 Å². The fourth-order valence-corrected chi connectivity index (χ4v) is 2.46. The van der Waals surface area contributed by atoms with Crippen molar-refractivity contribution >= 4 is 6.29 Å². The minimum absolute atomic E-state index is 0.455. The number of aliphatic hydroxyl groups is 2. The fraction of sp³-hybridized carbons (Fsp3) is 0.533. The van der Waals surface area contributed by atoms with E-state index in [1.165, 1.54) is 6.08 Å². The van der Waals surface area contributed by atoms with Crippen LogP contribution >= 0.6 is 0 Å². The molecule has 1 aliphatic carbocycles. The summed E-state index contributed by atoms with van der Waals surface area (Å²) >= 11 is 0. The number of carbonyl (C=O) groups is 1. The van der Waals surface area contributed by atoms with Crippen LogP contribution in [0.15, 0.2) is 35.5 Å². The maximum atomic E-state index is 10.8. The highest BCUT2D eigenvalue weighted by Crippen LogP contribution is 2.45. The van der Waals surface area contributed by atoms with Gasteiger partial charge in [0.05, 0.1) is 6.10 Å². The smallest absolute Gasteiger partial charge is 0.143 e. The molecule has 0 bridgehead atoms. The molecule has 3 heteroatoms. The van der Waals surface area contributed by atoms with E-state index in [2.05, 4.69) is 0 Å². The third-order valence-corrected chi connectivity index (χ3v) is 3.71. The van der Waals surface area contributed by atoms with E-state index in [1.54, 1.807) is 25.2 Å². The Balaban J connectivity index is 3.13. The van der Waals surface area contributed by atoms with Gasteiger partial charge in [-0.05, 0) is 43.6 Å². The Bertz CT molecular complexity index is 415.